The number of oxime groups is 1. The van der Waals surface area contributed by atoms with Gasteiger partial charge < -0.3 is 24.5 Å². The van der Waals surface area contributed by atoms with Gasteiger partial charge in [-0.15, -0.1) is 0 Å². The quantitative estimate of drug-likeness (QED) is 0.235. The van der Waals surface area contributed by atoms with E-state index < -0.39 is 23.4 Å². The number of aliphatic hydroxyl groups is 1. The first-order valence-corrected chi connectivity index (χ1v) is 10.3. The van der Waals surface area contributed by atoms with Crippen molar-refractivity contribution < 1.29 is 29.3 Å². The summed E-state index contributed by atoms with van der Waals surface area (Å²) in [5.74, 6) is -1.24. The van der Waals surface area contributed by atoms with E-state index in [2.05, 4.69) is 5.16 Å². The number of rotatable bonds is 7. The molecular weight excluding hydrogens is 374 g/mol. The van der Waals surface area contributed by atoms with Gasteiger partial charge in [0.25, 0.3) is 0 Å². The fourth-order valence-electron chi connectivity index (χ4n) is 4.13. The summed E-state index contributed by atoms with van der Waals surface area (Å²) in [5.41, 5.74) is -0.387. The van der Waals surface area contributed by atoms with E-state index in [0.717, 1.165) is 11.3 Å². The van der Waals surface area contributed by atoms with Crippen molar-refractivity contribution in [2.24, 2.45) is 17.0 Å². The van der Waals surface area contributed by atoms with Crippen molar-refractivity contribution in [1.82, 2.24) is 0 Å². The molecule has 1 aromatic carbocycles. The summed E-state index contributed by atoms with van der Waals surface area (Å²) in [6.07, 6.45) is 0.864. The van der Waals surface area contributed by atoms with Crippen molar-refractivity contribution in [2.45, 2.75) is 65.1 Å². The van der Waals surface area contributed by atoms with E-state index in [0.29, 0.717) is 12.8 Å². The molecule has 1 aliphatic carbocycles. The molecule has 1 aromatic rings. The van der Waals surface area contributed by atoms with Gasteiger partial charge in [0, 0.05) is 5.92 Å². The highest BCUT2D eigenvalue weighted by Gasteiger charge is 2.52. The maximum Gasteiger partial charge on any atom is 0.309 e. The smallest absolute Gasteiger partial charge is 0.309 e. The summed E-state index contributed by atoms with van der Waals surface area (Å²) in [6, 6.07) is 7.44. The normalized spacial score (nSPS) is 27.6. The van der Waals surface area contributed by atoms with Gasteiger partial charge in [-0.2, -0.15) is 0 Å². The molecule has 0 aliphatic heterocycles. The maximum atomic E-state index is 12.7. The minimum atomic E-state index is -1.21. The highest BCUT2D eigenvalue weighted by Crippen LogP contribution is 2.48. The highest BCUT2D eigenvalue weighted by molar-refractivity contribution is 5.83. The van der Waals surface area contributed by atoms with Crippen LogP contribution in [-0.4, -0.2) is 47.1 Å². The lowest BCUT2D eigenvalue weighted by Crippen LogP contribution is -2.51. The summed E-state index contributed by atoms with van der Waals surface area (Å²) in [7, 11) is 0. The predicted molar refractivity (Wildman–Crippen MR) is 109 cm³/mol. The summed E-state index contributed by atoms with van der Waals surface area (Å²) in [4.78, 5) is 12.7. The molecule has 0 amide bonds. The van der Waals surface area contributed by atoms with Crippen LogP contribution in [-0.2, 0) is 14.3 Å². The topological polar surface area (TPSA) is 97.6 Å². The molecule has 7 heteroatoms. The molecule has 29 heavy (non-hydrogen) atoms. The van der Waals surface area contributed by atoms with Gasteiger partial charge in [0.05, 0.1) is 36.8 Å². The molecular formula is C22H33NO6. The number of ether oxygens (including phenoxy) is 3. The number of benzene rings is 1. The number of esters is 1. The molecule has 0 bridgehead atoms. The number of carbonyl (C=O) groups is 1. The Hall–Kier alpha value is -2.28. The Labute approximate surface area is 172 Å². The van der Waals surface area contributed by atoms with Crippen LogP contribution < -0.4 is 4.74 Å². The monoisotopic (exact) mass is 407 g/mol. The zero-order chi connectivity index (χ0) is 21.6. The molecule has 4 unspecified atom stereocenters. The first-order chi connectivity index (χ1) is 13.7. The SMILES string of the molecule is CCOC(=O)C1CCC(C)(O)C(C(=NO)OCC)C1c1ccc(OC(C)C)cc1. The highest BCUT2D eigenvalue weighted by atomic mass is 16.5. The van der Waals surface area contributed by atoms with E-state index in [1.807, 2.05) is 38.1 Å². The lowest BCUT2D eigenvalue weighted by Gasteiger charge is -2.45. The Morgan fingerprint density at radius 3 is 2.34 bits per heavy atom. The summed E-state index contributed by atoms with van der Waals surface area (Å²) >= 11 is 0. The first-order valence-electron chi connectivity index (χ1n) is 10.3. The number of hydrogen-bond acceptors (Lipinski definition) is 7. The molecule has 1 fully saturated rings. The van der Waals surface area contributed by atoms with Crippen LogP contribution in [0.25, 0.3) is 0 Å². The Bertz CT molecular complexity index is 698. The summed E-state index contributed by atoms with van der Waals surface area (Å²) in [5, 5.41) is 24.1. The van der Waals surface area contributed by atoms with Gasteiger partial charge >= 0.3 is 5.97 Å². The van der Waals surface area contributed by atoms with E-state index >= 15 is 0 Å². The standard InChI is InChI=1S/C22H33NO6/c1-6-27-20(23-26)19-18(15-8-10-16(11-9-15)29-14(3)4)17(21(24)28-7-2)12-13-22(19,5)25/h8-11,14,17-19,25-26H,6-7,12-13H2,1-5H3. The average Bonchev–Trinajstić information content (AvgIpc) is 2.66. The Morgan fingerprint density at radius 2 is 1.83 bits per heavy atom. The lowest BCUT2D eigenvalue weighted by molar-refractivity contribution is -0.153. The third kappa shape index (κ3) is 5.41. The molecule has 0 radical (unpaired) electrons. The molecule has 0 spiro atoms. The van der Waals surface area contributed by atoms with Gasteiger partial charge in [-0.25, -0.2) is 0 Å². The van der Waals surface area contributed by atoms with Crippen LogP contribution in [0.3, 0.4) is 0 Å². The van der Waals surface area contributed by atoms with Gasteiger partial charge in [-0.05, 0) is 65.2 Å². The second-order valence-electron chi connectivity index (χ2n) is 7.86. The van der Waals surface area contributed by atoms with Crippen LogP contribution in [0.5, 0.6) is 5.75 Å². The van der Waals surface area contributed by atoms with Crippen molar-refractivity contribution in [3.05, 3.63) is 29.8 Å². The lowest BCUT2D eigenvalue weighted by atomic mass is 9.62. The van der Waals surface area contributed by atoms with Crippen molar-refractivity contribution in [1.29, 1.82) is 0 Å². The Balaban J connectivity index is 2.52. The van der Waals surface area contributed by atoms with E-state index in [4.69, 9.17) is 14.2 Å². The molecule has 2 rings (SSSR count). The second kappa shape index (κ2) is 9.96. The van der Waals surface area contributed by atoms with E-state index in [1.165, 1.54) is 0 Å². The van der Waals surface area contributed by atoms with E-state index in [1.54, 1.807) is 20.8 Å². The fourth-order valence-corrected chi connectivity index (χ4v) is 4.13. The second-order valence-corrected chi connectivity index (χ2v) is 7.86. The summed E-state index contributed by atoms with van der Waals surface area (Å²) < 4.78 is 16.6. The molecule has 7 nitrogen and oxygen atoms in total. The molecule has 4 atom stereocenters. The predicted octanol–water partition coefficient (Wildman–Crippen LogP) is 3.72. The van der Waals surface area contributed by atoms with E-state index in [-0.39, 0.29) is 31.2 Å². The van der Waals surface area contributed by atoms with Gasteiger partial charge in [0.1, 0.15) is 5.75 Å². The third-order valence-electron chi connectivity index (χ3n) is 5.31. The van der Waals surface area contributed by atoms with Gasteiger partial charge in [-0.3, -0.25) is 4.79 Å². The molecule has 1 saturated carbocycles. The fraction of sp³-hybridized carbons (Fsp3) is 0.636. The largest absolute Gasteiger partial charge is 0.491 e. The Morgan fingerprint density at radius 1 is 1.21 bits per heavy atom. The first kappa shape index (κ1) is 23.0. The van der Waals surface area contributed by atoms with Gasteiger partial charge in [0.15, 0.2) is 0 Å². The van der Waals surface area contributed by atoms with Crippen LogP contribution in [0.4, 0.5) is 0 Å². The van der Waals surface area contributed by atoms with E-state index in [9.17, 15) is 15.1 Å². The molecule has 2 N–H and O–H groups in total. The average molecular weight is 408 g/mol. The zero-order valence-electron chi connectivity index (χ0n) is 17.9. The van der Waals surface area contributed by atoms with Crippen LogP contribution in [0.1, 0.15) is 58.9 Å². The van der Waals surface area contributed by atoms with Gasteiger partial charge in [0.2, 0.25) is 5.90 Å². The summed E-state index contributed by atoms with van der Waals surface area (Å²) in [6.45, 7) is 9.68. The molecule has 0 saturated heterocycles. The molecule has 0 aromatic heterocycles. The van der Waals surface area contributed by atoms with Crippen LogP contribution >= 0.6 is 0 Å². The van der Waals surface area contributed by atoms with Crippen molar-refractivity contribution in [3.63, 3.8) is 0 Å². The third-order valence-corrected chi connectivity index (χ3v) is 5.31. The van der Waals surface area contributed by atoms with Gasteiger partial charge in [-0.1, -0.05) is 17.3 Å². The molecule has 162 valence electrons. The molecule has 0 heterocycles. The van der Waals surface area contributed by atoms with Crippen LogP contribution in [0.2, 0.25) is 0 Å². The van der Waals surface area contributed by atoms with Crippen molar-refractivity contribution in [3.8, 4) is 5.75 Å². The zero-order valence-corrected chi connectivity index (χ0v) is 17.9. The van der Waals surface area contributed by atoms with Crippen LogP contribution in [0, 0.1) is 11.8 Å². The number of carbonyl (C=O) groups excluding carboxylic acids is 1. The Kier molecular flexibility index (Phi) is 7.90. The van der Waals surface area contributed by atoms with Crippen LogP contribution in [0.15, 0.2) is 29.4 Å². The minimum Gasteiger partial charge on any atom is -0.491 e. The maximum absolute atomic E-state index is 12.7. The minimum absolute atomic E-state index is 0.0269. The number of hydrogen-bond donors (Lipinski definition) is 2. The molecule has 1 aliphatic rings. The van der Waals surface area contributed by atoms with Crippen molar-refractivity contribution >= 4 is 11.9 Å². The number of nitrogens with zero attached hydrogens (tertiary/aromatic N) is 1. The van der Waals surface area contributed by atoms with Crippen molar-refractivity contribution in [2.75, 3.05) is 13.2 Å².